The predicted octanol–water partition coefficient (Wildman–Crippen LogP) is 1.67. The SMILES string of the molecule is Cc1cccc(CNc2ncnn3c(C4(C#N)OCC(O)C5OC(C)(C)OC54)cnc23)c1. The van der Waals surface area contributed by atoms with Gasteiger partial charge in [-0.05, 0) is 26.3 Å². The summed E-state index contributed by atoms with van der Waals surface area (Å²) in [5.41, 5.74) is 1.56. The van der Waals surface area contributed by atoms with E-state index in [1.807, 2.05) is 25.1 Å². The molecule has 0 aliphatic carbocycles. The second kappa shape index (κ2) is 7.50. The lowest BCUT2D eigenvalue weighted by Gasteiger charge is -2.39. The maximum absolute atomic E-state index is 10.4. The number of aliphatic hydroxyl groups excluding tert-OH is 1. The lowest BCUT2D eigenvalue weighted by atomic mass is 9.86. The summed E-state index contributed by atoms with van der Waals surface area (Å²) in [4.78, 5) is 8.80. The van der Waals surface area contributed by atoms with Gasteiger partial charge in [0.15, 0.2) is 17.3 Å². The molecule has 4 atom stereocenters. The Labute approximate surface area is 184 Å². The van der Waals surface area contributed by atoms with E-state index in [1.54, 1.807) is 13.8 Å². The molecule has 10 nitrogen and oxygen atoms in total. The zero-order valence-electron chi connectivity index (χ0n) is 18.0. The van der Waals surface area contributed by atoms with Crippen molar-refractivity contribution < 1.29 is 19.3 Å². The van der Waals surface area contributed by atoms with Gasteiger partial charge in [0.25, 0.3) is 0 Å². The van der Waals surface area contributed by atoms with Gasteiger partial charge in [-0.25, -0.2) is 14.5 Å². The van der Waals surface area contributed by atoms with Crippen molar-refractivity contribution in [3.63, 3.8) is 0 Å². The Balaban J connectivity index is 1.52. The molecule has 0 amide bonds. The molecule has 4 unspecified atom stereocenters. The van der Waals surface area contributed by atoms with Gasteiger partial charge in [-0.15, -0.1) is 0 Å². The van der Waals surface area contributed by atoms with Crippen LogP contribution in [-0.4, -0.2) is 55.4 Å². The van der Waals surface area contributed by atoms with Crippen LogP contribution >= 0.6 is 0 Å². The fraction of sp³-hybridized carbons (Fsp3) is 0.455. The molecule has 0 bridgehead atoms. The Hall–Kier alpha value is -3.10. The molecular weight excluding hydrogens is 412 g/mol. The summed E-state index contributed by atoms with van der Waals surface area (Å²) in [7, 11) is 0. The first kappa shape index (κ1) is 20.8. The van der Waals surface area contributed by atoms with Crippen LogP contribution < -0.4 is 5.32 Å². The van der Waals surface area contributed by atoms with E-state index in [4.69, 9.17) is 14.2 Å². The van der Waals surface area contributed by atoms with E-state index >= 15 is 0 Å². The monoisotopic (exact) mass is 436 g/mol. The minimum Gasteiger partial charge on any atom is -0.388 e. The van der Waals surface area contributed by atoms with Crippen LogP contribution in [0.25, 0.3) is 5.65 Å². The third-order valence-corrected chi connectivity index (χ3v) is 5.78. The van der Waals surface area contributed by atoms with Crippen molar-refractivity contribution in [1.82, 2.24) is 19.6 Å². The standard InChI is InChI=1S/C22H24N6O4/c1-13-5-4-6-14(7-13)8-24-19-20-25-9-16(28(20)27-12-26-19)22(11-23)18-17(15(29)10-30-22)31-21(2,3)32-18/h4-7,9,12,15,17-18,29H,8,10H2,1-3H3,(H,24,26,27). The lowest BCUT2D eigenvalue weighted by Crippen LogP contribution is -2.57. The van der Waals surface area contributed by atoms with Gasteiger partial charge in [-0.1, -0.05) is 29.8 Å². The van der Waals surface area contributed by atoms with Gasteiger partial charge in [-0.3, -0.25) is 0 Å². The quantitative estimate of drug-likeness (QED) is 0.628. The number of imidazole rings is 1. The van der Waals surface area contributed by atoms with Crippen LogP contribution in [-0.2, 0) is 26.4 Å². The number of benzene rings is 1. The molecule has 0 saturated carbocycles. The van der Waals surface area contributed by atoms with Crippen molar-refractivity contribution >= 4 is 11.5 Å². The number of aromatic nitrogens is 4. The van der Waals surface area contributed by atoms with E-state index in [0.29, 0.717) is 23.7 Å². The molecular formula is C22H24N6O4. The van der Waals surface area contributed by atoms with Crippen molar-refractivity contribution in [2.45, 2.75) is 57.0 Å². The molecule has 2 aliphatic heterocycles. The topological polar surface area (TPSA) is 127 Å². The number of anilines is 1. The first-order valence-corrected chi connectivity index (χ1v) is 10.4. The number of nitriles is 1. The van der Waals surface area contributed by atoms with Crippen LogP contribution in [0.3, 0.4) is 0 Å². The summed E-state index contributed by atoms with van der Waals surface area (Å²) in [5, 5.41) is 28.2. The summed E-state index contributed by atoms with van der Waals surface area (Å²) < 4.78 is 19.3. The first-order valence-electron chi connectivity index (χ1n) is 10.4. The fourth-order valence-electron chi connectivity index (χ4n) is 4.35. The maximum atomic E-state index is 10.4. The van der Waals surface area contributed by atoms with Crippen LogP contribution in [0.2, 0.25) is 0 Å². The highest BCUT2D eigenvalue weighted by molar-refractivity contribution is 5.63. The summed E-state index contributed by atoms with van der Waals surface area (Å²) in [6.45, 7) is 6.00. The number of rotatable bonds is 4. The normalized spacial score (nSPS) is 28.9. The van der Waals surface area contributed by atoms with Crippen molar-refractivity contribution in [3.8, 4) is 6.07 Å². The van der Waals surface area contributed by atoms with E-state index in [-0.39, 0.29) is 6.61 Å². The molecule has 2 aliphatic rings. The highest BCUT2D eigenvalue weighted by Gasteiger charge is 2.61. The number of ether oxygens (including phenoxy) is 3. The molecule has 5 rings (SSSR count). The van der Waals surface area contributed by atoms with Crippen molar-refractivity contribution in [2.24, 2.45) is 0 Å². The molecule has 4 heterocycles. The Morgan fingerprint density at radius 2 is 2.16 bits per heavy atom. The van der Waals surface area contributed by atoms with Gasteiger partial charge < -0.3 is 24.6 Å². The van der Waals surface area contributed by atoms with Crippen molar-refractivity contribution in [3.05, 3.63) is 53.6 Å². The highest BCUT2D eigenvalue weighted by Crippen LogP contribution is 2.45. The minimum absolute atomic E-state index is 0.0784. The largest absolute Gasteiger partial charge is 0.388 e. The zero-order valence-corrected chi connectivity index (χ0v) is 18.0. The first-order chi connectivity index (χ1) is 15.3. The van der Waals surface area contributed by atoms with E-state index in [0.717, 1.165) is 5.56 Å². The fourth-order valence-corrected chi connectivity index (χ4v) is 4.35. The Morgan fingerprint density at radius 3 is 2.94 bits per heavy atom. The molecule has 2 fully saturated rings. The summed E-state index contributed by atoms with van der Waals surface area (Å²) in [6.07, 6.45) is 0.444. The third kappa shape index (κ3) is 3.30. The summed E-state index contributed by atoms with van der Waals surface area (Å²) in [5.74, 6) is -0.445. The Morgan fingerprint density at radius 1 is 1.31 bits per heavy atom. The number of aliphatic hydroxyl groups is 1. The van der Waals surface area contributed by atoms with Gasteiger partial charge in [0.2, 0.25) is 5.60 Å². The van der Waals surface area contributed by atoms with Gasteiger partial charge in [-0.2, -0.15) is 10.4 Å². The Kier molecular flexibility index (Phi) is 4.87. The van der Waals surface area contributed by atoms with Gasteiger partial charge in [0.1, 0.15) is 36.4 Å². The molecule has 166 valence electrons. The highest BCUT2D eigenvalue weighted by atomic mass is 16.8. The summed E-state index contributed by atoms with van der Waals surface area (Å²) in [6, 6.07) is 10.4. The van der Waals surface area contributed by atoms with Crippen LogP contribution in [0.5, 0.6) is 0 Å². The maximum Gasteiger partial charge on any atom is 0.227 e. The molecule has 0 spiro atoms. The van der Waals surface area contributed by atoms with Crippen molar-refractivity contribution in [1.29, 1.82) is 5.26 Å². The summed E-state index contributed by atoms with van der Waals surface area (Å²) >= 11 is 0. The van der Waals surface area contributed by atoms with E-state index in [2.05, 4.69) is 32.5 Å². The average Bonchev–Trinajstić information content (AvgIpc) is 3.35. The second-order valence-corrected chi connectivity index (χ2v) is 8.58. The lowest BCUT2D eigenvalue weighted by molar-refractivity contribution is -0.186. The molecule has 1 aromatic carbocycles. The Bertz CT molecular complexity index is 1200. The molecule has 0 radical (unpaired) electrons. The number of nitrogens with one attached hydrogen (secondary N) is 1. The van der Waals surface area contributed by atoms with Crippen LogP contribution in [0, 0.1) is 18.3 Å². The van der Waals surface area contributed by atoms with E-state index in [1.165, 1.54) is 22.6 Å². The number of aryl methyl sites for hydroxylation is 1. The molecule has 10 heteroatoms. The third-order valence-electron chi connectivity index (χ3n) is 5.78. The smallest absolute Gasteiger partial charge is 0.227 e. The van der Waals surface area contributed by atoms with Gasteiger partial charge in [0, 0.05) is 6.54 Å². The minimum atomic E-state index is -1.56. The van der Waals surface area contributed by atoms with Gasteiger partial charge >= 0.3 is 0 Å². The van der Waals surface area contributed by atoms with E-state index < -0.39 is 29.7 Å². The average molecular weight is 436 g/mol. The second-order valence-electron chi connectivity index (χ2n) is 8.58. The number of nitrogens with zero attached hydrogens (tertiary/aromatic N) is 5. The molecule has 2 saturated heterocycles. The van der Waals surface area contributed by atoms with Crippen LogP contribution in [0.15, 0.2) is 36.8 Å². The number of fused-ring (bicyclic) bond motifs is 2. The number of hydrogen-bond acceptors (Lipinski definition) is 9. The predicted molar refractivity (Wildman–Crippen MR) is 112 cm³/mol. The van der Waals surface area contributed by atoms with E-state index in [9.17, 15) is 10.4 Å². The molecule has 2 aromatic heterocycles. The molecule has 3 aromatic rings. The molecule has 2 N–H and O–H groups in total. The van der Waals surface area contributed by atoms with Crippen molar-refractivity contribution in [2.75, 3.05) is 11.9 Å². The number of hydrogen-bond donors (Lipinski definition) is 2. The molecule has 32 heavy (non-hydrogen) atoms. The van der Waals surface area contributed by atoms with Crippen LogP contribution in [0.4, 0.5) is 5.82 Å². The van der Waals surface area contributed by atoms with Crippen LogP contribution in [0.1, 0.15) is 30.7 Å². The van der Waals surface area contributed by atoms with Gasteiger partial charge in [0.05, 0.1) is 12.8 Å². The zero-order chi connectivity index (χ0) is 22.5.